The van der Waals surface area contributed by atoms with E-state index >= 15 is 0 Å². The van der Waals surface area contributed by atoms with Crippen molar-refractivity contribution in [2.75, 3.05) is 0 Å². The Hall–Kier alpha value is -0.490. The van der Waals surface area contributed by atoms with Gasteiger partial charge in [-0.15, -0.1) is 0 Å². The molecule has 0 atom stereocenters. The lowest BCUT2D eigenvalue weighted by molar-refractivity contribution is 1.21. The van der Waals surface area contributed by atoms with E-state index in [1.165, 1.54) is 0 Å². The predicted octanol–water partition coefficient (Wildman–Crippen LogP) is 4.04. The summed E-state index contributed by atoms with van der Waals surface area (Å²) in [6.45, 7) is 6.07. The first kappa shape index (κ1) is 10.5. The van der Waals surface area contributed by atoms with E-state index in [-0.39, 0.29) is 0 Å². The van der Waals surface area contributed by atoms with Gasteiger partial charge < -0.3 is 0 Å². The van der Waals surface area contributed by atoms with Crippen LogP contribution < -0.4 is 0 Å². The average Bonchev–Trinajstić information content (AvgIpc) is 2.00. The van der Waals surface area contributed by atoms with Crippen LogP contribution in [-0.2, 0) is 0 Å². The summed E-state index contributed by atoms with van der Waals surface area (Å²) in [4.78, 5) is 0. The maximum absolute atomic E-state index is 5.93. The Kier molecular flexibility index (Phi) is 5.96. The van der Waals surface area contributed by atoms with E-state index < -0.39 is 0 Å². The molecule has 0 radical (unpaired) electrons. The first-order valence-electron chi connectivity index (χ1n) is 3.88. The fraction of sp³-hybridized carbons (Fsp3) is 0.400. The maximum atomic E-state index is 5.93. The van der Waals surface area contributed by atoms with Gasteiger partial charge in [-0.25, -0.2) is 0 Å². The molecule has 0 N–H and O–H groups in total. The van der Waals surface area contributed by atoms with Gasteiger partial charge in [-0.2, -0.15) is 0 Å². The number of hydrogen-bond acceptors (Lipinski definition) is 0. The SMILES string of the molecule is C\C=C/C=C(C)/C(Cl)=C\CC. The van der Waals surface area contributed by atoms with Crippen molar-refractivity contribution in [1.82, 2.24) is 0 Å². The lowest BCUT2D eigenvalue weighted by Gasteiger charge is -1.95. The van der Waals surface area contributed by atoms with Crippen molar-refractivity contribution in [2.24, 2.45) is 0 Å². The van der Waals surface area contributed by atoms with Crippen LogP contribution in [0.2, 0.25) is 0 Å². The zero-order valence-electron chi connectivity index (χ0n) is 7.39. The third kappa shape index (κ3) is 4.86. The van der Waals surface area contributed by atoms with Gasteiger partial charge >= 0.3 is 0 Å². The molecule has 0 aliphatic carbocycles. The third-order valence-corrected chi connectivity index (χ3v) is 1.75. The van der Waals surface area contributed by atoms with E-state index in [0.717, 1.165) is 17.0 Å². The van der Waals surface area contributed by atoms with E-state index in [2.05, 4.69) is 6.92 Å². The number of rotatable bonds is 3. The standard InChI is InChI=1S/C10H15Cl/c1-4-6-8-9(3)10(11)7-5-2/h4,6-8H,5H2,1-3H3/b6-4-,9-8+,10-7+. The summed E-state index contributed by atoms with van der Waals surface area (Å²) < 4.78 is 0. The Balaban J connectivity index is 4.22. The van der Waals surface area contributed by atoms with Crippen LogP contribution in [0.15, 0.2) is 34.9 Å². The summed E-state index contributed by atoms with van der Waals surface area (Å²) in [5, 5.41) is 0.852. The van der Waals surface area contributed by atoms with E-state index in [1.807, 2.05) is 38.2 Å². The molecule has 0 aliphatic rings. The van der Waals surface area contributed by atoms with Crippen LogP contribution in [-0.4, -0.2) is 0 Å². The number of allylic oxidation sites excluding steroid dienone is 6. The van der Waals surface area contributed by atoms with Gasteiger partial charge in [-0.1, -0.05) is 42.8 Å². The van der Waals surface area contributed by atoms with Gasteiger partial charge in [0.05, 0.1) is 0 Å². The Morgan fingerprint density at radius 1 is 1.45 bits per heavy atom. The van der Waals surface area contributed by atoms with Crippen molar-refractivity contribution < 1.29 is 0 Å². The Morgan fingerprint density at radius 3 is 2.55 bits per heavy atom. The minimum Gasteiger partial charge on any atom is -0.0877 e. The second-order valence-electron chi connectivity index (χ2n) is 2.34. The number of hydrogen-bond donors (Lipinski definition) is 0. The van der Waals surface area contributed by atoms with Crippen LogP contribution in [0.1, 0.15) is 27.2 Å². The van der Waals surface area contributed by atoms with Crippen LogP contribution in [0.5, 0.6) is 0 Å². The smallest absolute Gasteiger partial charge is 0.0395 e. The molecular weight excluding hydrogens is 156 g/mol. The largest absolute Gasteiger partial charge is 0.0877 e. The first-order chi connectivity index (χ1) is 5.22. The molecule has 0 aromatic rings. The van der Waals surface area contributed by atoms with Gasteiger partial charge in [0.25, 0.3) is 0 Å². The van der Waals surface area contributed by atoms with Crippen molar-refractivity contribution >= 4 is 11.6 Å². The third-order valence-electron chi connectivity index (χ3n) is 1.30. The molecule has 1 heteroatoms. The van der Waals surface area contributed by atoms with E-state index in [9.17, 15) is 0 Å². The maximum Gasteiger partial charge on any atom is 0.0395 e. The quantitative estimate of drug-likeness (QED) is 0.561. The molecule has 0 bridgehead atoms. The molecule has 0 aromatic carbocycles. The van der Waals surface area contributed by atoms with E-state index in [0.29, 0.717) is 0 Å². The van der Waals surface area contributed by atoms with Gasteiger partial charge in [0.15, 0.2) is 0 Å². The molecule has 0 amide bonds. The number of halogens is 1. The molecule has 11 heavy (non-hydrogen) atoms. The lowest BCUT2D eigenvalue weighted by Crippen LogP contribution is -1.74. The Morgan fingerprint density at radius 2 is 2.09 bits per heavy atom. The molecule has 0 aromatic heterocycles. The average molecular weight is 171 g/mol. The van der Waals surface area contributed by atoms with Crippen LogP contribution >= 0.6 is 11.6 Å². The van der Waals surface area contributed by atoms with Crippen molar-refractivity contribution in [3.05, 3.63) is 34.9 Å². The second-order valence-corrected chi connectivity index (χ2v) is 2.74. The lowest BCUT2D eigenvalue weighted by atomic mass is 10.2. The first-order valence-corrected chi connectivity index (χ1v) is 4.25. The minimum absolute atomic E-state index is 0.852. The monoisotopic (exact) mass is 170 g/mol. The molecular formula is C10H15Cl. The van der Waals surface area contributed by atoms with Crippen molar-refractivity contribution in [2.45, 2.75) is 27.2 Å². The molecule has 0 aliphatic heterocycles. The Bertz CT molecular complexity index is 185. The van der Waals surface area contributed by atoms with Gasteiger partial charge in [0.2, 0.25) is 0 Å². The fourth-order valence-corrected chi connectivity index (χ4v) is 0.878. The zero-order chi connectivity index (χ0) is 8.69. The highest BCUT2D eigenvalue weighted by Gasteiger charge is 1.90. The molecule has 0 saturated heterocycles. The van der Waals surface area contributed by atoms with Crippen molar-refractivity contribution in [1.29, 1.82) is 0 Å². The summed E-state index contributed by atoms with van der Waals surface area (Å²) >= 11 is 5.93. The second kappa shape index (κ2) is 6.23. The van der Waals surface area contributed by atoms with Crippen molar-refractivity contribution in [3.63, 3.8) is 0 Å². The molecule has 0 nitrogen and oxygen atoms in total. The zero-order valence-corrected chi connectivity index (χ0v) is 8.15. The van der Waals surface area contributed by atoms with E-state index in [4.69, 9.17) is 11.6 Å². The molecule has 0 unspecified atom stereocenters. The summed E-state index contributed by atoms with van der Waals surface area (Å²) in [5.41, 5.74) is 1.12. The summed E-state index contributed by atoms with van der Waals surface area (Å²) in [5.74, 6) is 0. The summed E-state index contributed by atoms with van der Waals surface area (Å²) in [7, 11) is 0. The van der Waals surface area contributed by atoms with Gasteiger partial charge in [0.1, 0.15) is 0 Å². The van der Waals surface area contributed by atoms with Crippen LogP contribution in [0.25, 0.3) is 0 Å². The molecule has 0 spiro atoms. The van der Waals surface area contributed by atoms with Gasteiger partial charge in [-0.05, 0) is 25.8 Å². The highest BCUT2D eigenvalue weighted by atomic mass is 35.5. The minimum atomic E-state index is 0.852. The highest BCUT2D eigenvalue weighted by molar-refractivity contribution is 6.31. The topological polar surface area (TPSA) is 0 Å². The fourth-order valence-electron chi connectivity index (χ4n) is 0.660. The molecule has 0 heterocycles. The van der Waals surface area contributed by atoms with Crippen LogP contribution in [0.3, 0.4) is 0 Å². The normalized spacial score (nSPS) is 14.5. The van der Waals surface area contributed by atoms with Crippen LogP contribution in [0, 0.1) is 0 Å². The van der Waals surface area contributed by atoms with Gasteiger partial charge in [-0.3, -0.25) is 0 Å². The highest BCUT2D eigenvalue weighted by Crippen LogP contribution is 2.14. The molecule has 62 valence electrons. The van der Waals surface area contributed by atoms with Crippen molar-refractivity contribution in [3.8, 4) is 0 Å². The molecule has 0 rings (SSSR count). The predicted molar refractivity (Wildman–Crippen MR) is 52.8 cm³/mol. The van der Waals surface area contributed by atoms with E-state index in [1.54, 1.807) is 0 Å². The summed E-state index contributed by atoms with van der Waals surface area (Å²) in [6.07, 6.45) is 8.98. The summed E-state index contributed by atoms with van der Waals surface area (Å²) in [6, 6.07) is 0. The molecule has 0 fully saturated rings. The molecule has 0 saturated carbocycles. The Labute approximate surface area is 74.3 Å². The van der Waals surface area contributed by atoms with Crippen LogP contribution in [0.4, 0.5) is 0 Å². The van der Waals surface area contributed by atoms with Gasteiger partial charge in [0, 0.05) is 5.03 Å².